The minimum absolute atomic E-state index is 0.318. The molecule has 0 aliphatic rings. The highest BCUT2D eigenvalue weighted by Crippen LogP contribution is 2.33. The van der Waals surface area contributed by atoms with Crippen LogP contribution in [-0.2, 0) is 0 Å². The fourth-order valence-electron chi connectivity index (χ4n) is 1.44. The van der Waals surface area contributed by atoms with Crippen molar-refractivity contribution >= 4 is 49.1 Å². The van der Waals surface area contributed by atoms with Gasteiger partial charge in [0.05, 0.1) is 10.0 Å². The SMILES string of the molecule is NC(=S)c1ccccc1Oc1ccc(Br)cc1Br. The van der Waals surface area contributed by atoms with Crippen molar-refractivity contribution in [2.45, 2.75) is 0 Å². The fourth-order valence-corrected chi connectivity index (χ4v) is 2.73. The first-order valence-corrected chi connectivity index (χ1v) is 7.09. The Morgan fingerprint density at radius 1 is 1.06 bits per heavy atom. The maximum absolute atomic E-state index is 5.82. The van der Waals surface area contributed by atoms with E-state index in [1.807, 2.05) is 42.5 Å². The lowest BCUT2D eigenvalue weighted by atomic mass is 10.2. The average Bonchev–Trinajstić information content (AvgIpc) is 2.33. The lowest BCUT2D eigenvalue weighted by molar-refractivity contribution is 0.478. The summed E-state index contributed by atoms with van der Waals surface area (Å²) in [6.07, 6.45) is 0. The second-order valence-electron chi connectivity index (χ2n) is 3.54. The van der Waals surface area contributed by atoms with Crippen molar-refractivity contribution in [3.63, 3.8) is 0 Å². The molecule has 0 aliphatic carbocycles. The molecule has 0 amide bonds. The Bertz CT molecular complexity index is 601. The lowest BCUT2D eigenvalue weighted by Gasteiger charge is -2.11. The minimum atomic E-state index is 0.318. The fraction of sp³-hybridized carbons (Fsp3) is 0. The number of nitrogens with two attached hydrogens (primary N) is 1. The van der Waals surface area contributed by atoms with E-state index >= 15 is 0 Å². The molecule has 0 aromatic heterocycles. The Morgan fingerprint density at radius 3 is 2.44 bits per heavy atom. The summed E-state index contributed by atoms with van der Waals surface area (Å²) in [6, 6.07) is 13.1. The average molecular weight is 387 g/mol. The molecule has 0 unspecified atom stereocenters. The summed E-state index contributed by atoms with van der Waals surface area (Å²) in [7, 11) is 0. The molecule has 5 heteroatoms. The standard InChI is InChI=1S/C13H9Br2NOS/c14-8-5-6-12(10(15)7-8)17-11-4-2-1-3-9(11)13(16)18/h1-7H,(H2,16,18). The van der Waals surface area contributed by atoms with Gasteiger partial charge >= 0.3 is 0 Å². The number of para-hydroxylation sites is 1. The highest BCUT2D eigenvalue weighted by molar-refractivity contribution is 9.11. The molecule has 0 atom stereocenters. The zero-order valence-electron chi connectivity index (χ0n) is 9.19. The molecule has 2 nitrogen and oxygen atoms in total. The van der Waals surface area contributed by atoms with Crippen LogP contribution in [0.4, 0.5) is 0 Å². The molecule has 18 heavy (non-hydrogen) atoms. The van der Waals surface area contributed by atoms with Crippen molar-refractivity contribution in [1.29, 1.82) is 0 Å². The van der Waals surface area contributed by atoms with E-state index in [1.165, 1.54) is 0 Å². The van der Waals surface area contributed by atoms with Gasteiger partial charge in [0, 0.05) is 4.47 Å². The van der Waals surface area contributed by atoms with Crippen LogP contribution in [0.3, 0.4) is 0 Å². The highest BCUT2D eigenvalue weighted by atomic mass is 79.9. The molecular formula is C13H9Br2NOS. The summed E-state index contributed by atoms with van der Waals surface area (Å²) in [5, 5.41) is 0. The van der Waals surface area contributed by atoms with E-state index in [2.05, 4.69) is 31.9 Å². The van der Waals surface area contributed by atoms with Crippen LogP contribution >= 0.6 is 44.1 Å². The van der Waals surface area contributed by atoms with Crippen LogP contribution < -0.4 is 10.5 Å². The number of hydrogen-bond donors (Lipinski definition) is 1. The molecule has 0 fully saturated rings. The normalized spacial score (nSPS) is 10.1. The number of halogens is 2. The molecule has 2 rings (SSSR count). The van der Waals surface area contributed by atoms with Crippen LogP contribution in [0.5, 0.6) is 11.5 Å². The molecule has 0 saturated heterocycles. The predicted octanol–water partition coefficient (Wildman–Crippen LogP) is 4.64. The summed E-state index contributed by atoms with van der Waals surface area (Å²) >= 11 is 11.8. The molecule has 0 saturated carbocycles. The van der Waals surface area contributed by atoms with E-state index in [0.29, 0.717) is 16.5 Å². The zero-order chi connectivity index (χ0) is 13.1. The Labute approximate surface area is 127 Å². The van der Waals surface area contributed by atoms with Crippen molar-refractivity contribution in [3.05, 3.63) is 57.0 Å². The molecule has 0 aliphatic heterocycles. The first kappa shape index (κ1) is 13.5. The number of ether oxygens (including phenoxy) is 1. The van der Waals surface area contributed by atoms with Crippen molar-refractivity contribution in [3.8, 4) is 11.5 Å². The Balaban J connectivity index is 2.37. The van der Waals surface area contributed by atoms with Crippen molar-refractivity contribution in [2.24, 2.45) is 5.73 Å². The number of hydrogen-bond acceptors (Lipinski definition) is 2. The first-order chi connectivity index (χ1) is 8.58. The van der Waals surface area contributed by atoms with Crippen LogP contribution in [0.25, 0.3) is 0 Å². The Kier molecular flexibility index (Phi) is 4.37. The quantitative estimate of drug-likeness (QED) is 0.780. The van der Waals surface area contributed by atoms with E-state index in [-0.39, 0.29) is 0 Å². The summed E-state index contributed by atoms with van der Waals surface area (Å²) < 4.78 is 7.65. The smallest absolute Gasteiger partial charge is 0.141 e. The third-order valence-corrected chi connectivity index (χ3v) is 3.60. The molecular weight excluding hydrogens is 378 g/mol. The van der Waals surface area contributed by atoms with Gasteiger partial charge in [0.15, 0.2) is 0 Å². The largest absolute Gasteiger partial charge is 0.455 e. The summed E-state index contributed by atoms with van der Waals surface area (Å²) in [5.41, 5.74) is 6.39. The van der Waals surface area contributed by atoms with E-state index in [4.69, 9.17) is 22.7 Å². The molecule has 0 spiro atoms. The van der Waals surface area contributed by atoms with Gasteiger partial charge in [0.2, 0.25) is 0 Å². The summed E-state index contributed by atoms with van der Waals surface area (Å²) in [5.74, 6) is 1.36. The van der Waals surface area contributed by atoms with Gasteiger partial charge in [-0.15, -0.1) is 0 Å². The van der Waals surface area contributed by atoms with Crippen LogP contribution in [0.15, 0.2) is 51.4 Å². The van der Waals surface area contributed by atoms with Crippen molar-refractivity contribution in [2.75, 3.05) is 0 Å². The molecule has 0 bridgehead atoms. The van der Waals surface area contributed by atoms with Crippen LogP contribution in [0.2, 0.25) is 0 Å². The minimum Gasteiger partial charge on any atom is -0.455 e. The van der Waals surface area contributed by atoms with E-state index in [1.54, 1.807) is 0 Å². The van der Waals surface area contributed by atoms with Crippen molar-refractivity contribution < 1.29 is 4.74 Å². The van der Waals surface area contributed by atoms with Gasteiger partial charge in [-0.2, -0.15) is 0 Å². The maximum atomic E-state index is 5.82. The van der Waals surface area contributed by atoms with Crippen LogP contribution in [-0.4, -0.2) is 4.99 Å². The van der Waals surface area contributed by atoms with Gasteiger partial charge in [-0.05, 0) is 46.3 Å². The van der Waals surface area contributed by atoms with Gasteiger partial charge < -0.3 is 10.5 Å². The molecule has 2 N–H and O–H groups in total. The second kappa shape index (κ2) is 5.82. The monoisotopic (exact) mass is 385 g/mol. The van der Waals surface area contributed by atoms with Gasteiger partial charge in [0.1, 0.15) is 16.5 Å². The van der Waals surface area contributed by atoms with Crippen molar-refractivity contribution in [1.82, 2.24) is 0 Å². The lowest BCUT2D eigenvalue weighted by Crippen LogP contribution is -2.10. The highest BCUT2D eigenvalue weighted by Gasteiger charge is 2.08. The van der Waals surface area contributed by atoms with Gasteiger partial charge in [0.25, 0.3) is 0 Å². The molecule has 92 valence electrons. The van der Waals surface area contributed by atoms with E-state index in [9.17, 15) is 0 Å². The molecule has 0 radical (unpaired) electrons. The number of rotatable bonds is 3. The maximum Gasteiger partial charge on any atom is 0.141 e. The Morgan fingerprint density at radius 2 is 1.78 bits per heavy atom. The van der Waals surface area contributed by atoms with Gasteiger partial charge in [-0.25, -0.2) is 0 Å². The zero-order valence-corrected chi connectivity index (χ0v) is 13.2. The van der Waals surface area contributed by atoms with Crippen LogP contribution in [0.1, 0.15) is 5.56 Å². The van der Waals surface area contributed by atoms with Crippen LogP contribution in [0, 0.1) is 0 Å². The predicted molar refractivity (Wildman–Crippen MR) is 84.2 cm³/mol. The third kappa shape index (κ3) is 3.10. The Hall–Kier alpha value is -0.910. The molecule has 2 aromatic carbocycles. The second-order valence-corrected chi connectivity index (χ2v) is 5.75. The number of benzene rings is 2. The van der Waals surface area contributed by atoms with E-state index < -0.39 is 0 Å². The number of thiocarbonyl (C=S) groups is 1. The molecule has 0 heterocycles. The summed E-state index contributed by atoms with van der Waals surface area (Å²) in [6.45, 7) is 0. The van der Waals surface area contributed by atoms with E-state index in [0.717, 1.165) is 14.5 Å². The van der Waals surface area contributed by atoms with Gasteiger partial charge in [-0.1, -0.05) is 40.3 Å². The summed E-state index contributed by atoms with van der Waals surface area (Å²) in [4.78, 5) is 0.318. The first-order valence-electron chi connectivity index (χ1n) is 5.09. The van der Waals surface area contributed by atoms with Gasteiger partial charge in [-0.3, -0.25) is 0 Å². The third-order valence-electron chi connectivity index (χ3n) is 2.27. The topological polar surface area (TPSA) is 35.2 Å². The molecule has 2 aromatic rings.